The van der Waals surface area contributed by atoms with E-state index in [0.29, 0.717) is 19.7 Å². The molecule has 0 radical (unpaired) electrons. The van der Waals surface area contributed by atoms with Crippen molar-refractivity contribution >= 4 is 11.7 Å². The van der Waals surface area contributed by atoms with Crippen LogP contribution in [0, 0.1) is 0 Å². The molecule has 1 saturated heterocycles. The number of hydrogen-bond donors (Lipinski definition) is 0. The summed E-state index contributed by atoms with van der Waals surface area (Å²) in [5.41, 5.74) is 4.44. The molecule has 0 aliphatic carbocycles. The number of carbonyl (C=O) groups is 1. The molecule has 26 heavy (non-hydrogen) atoms. The summed E-state index contributed by atoms with van der Waals surface area (Å²) in [5.74, 6) is 1.12. The Morgan fingerprint density at radius 1 is 1.19 bits per heavy atom. The topological polar surface area (TPSA) is 58.6 Å². The van der Waals surface area contributed by atoms with Gasteiger partial charge in [0, 0.05) is 56.4 Å². The average molecular weight is 352 g/mol. The molecule has 0 saturated carbocycles. The molecule has 4 heterocycles. The van der Waals surface area contributed by atoms with Crippen molar-refractivity contribution in [3.63, 3.8) is 0 Å². The van der Waals surface area contributed by atoms with Crippen LogP contribution in [0.2, 0.25) is 0 Å². The van der Waals surface area contributed by atoms with Gasteiger partial charge in [-0.2, -0.15) is 0 Å². The Labute approximate surface area is 153 Å². The van der Waals surface area contributed by atoms with Gasteiger partial charge >= 0.3 is 0 Å². The smallest absolute Gasteiger partial charge is 0.251 e. The molecule has 4 rings (SSSR count). The summed E-state index contributed by atoms with van der Waals surface area (Å²) in [4.78, 5) is 25.3. The fourth-order valence-corrected chi connectivity index (χ4v) is 3.69. The second kappa shape index (κ2) is 7.03. The van der Waals surface area contributed by atoms with Crippen LogP contribution >= 0.6 is 0 Å². The van der Waals surface area contributed by atoms with E-state index in [1.54, 1.807) is 6.92 Å². The summed E-state index contributed by atoms with van der Waals surface area (Å²) in [6.45, 7) is 4.64. The van der Waals surface area contributed by atoms with Crippen LogP contribution in [0.4, 0.5) is 5.82 Å². The first kappa shape index (κ1) is 17.0. The van der Waals surface area contributed by atoms with Crippen molar-refractivity contribution in [1.29, 1.82) is 0 Å². The number of aryl methyl sites for hydroxylation is 1. The normalized spacial score (nSPS) is 20.2. The summed E-state index contributed by atoms with van der Waals surface area (Å²) in [7, 11) is 2.09. The van der Waals surface area contributed by atoms with Gasteiger partial charge in [0.1, 0.15) is 11.9 Å². The molecule has 6 nitrogen and oxygen atoms in total. The zero-order chi connectivity index (χ0) is 18.1. The molecule has 1 unspecified atom stereocenters. The van der Waals surface area contributed by atoms with E-state index >= 15 is 0 Å². The predicted octanol–water partition coefficient (Wildman–Crippen LogP) is 2.27. The van der Waals surface area contributed by atoms with Gasteiger partial charge in [-0.15, -0.1) is 0 Å². The monoisotopic (exact) mass is 352 g/mol. The number of ether oxygens (including phenoxy) is 1. The number of fused-ring (bicyclic) bond motifs is 1. The van der Waals surface area contributed by atoms with E-state index in [9.17, 15) is 4.79 Å². The van der Waals surface area contributed by atoms with Gasteiger partial charge < -0.3 is 14.5 Å². The van der Waals surface area contributed by atoms with E-state index < -0.39 is 0 Å². The lowest BCUT2D eigenvalue weighted by Crippen LogP contribution is -2.45. The van der Waals surface area contributed by atoms with Crippen LogP contribution < -0.4 is 4.90 Å². The van der Waals surface area contributed by atoms with Gasteiger partial charge in [-0.05, 0) is 43.0 Å². The van der Waals surface area contributed by atoms with Crippen LogP contribution in [0.1, 0.15) is 24.5 Å². The highest BCUT2D eigenvalue weighted by Gasteiger charge is 2.26. The van der Waals surface area contributed by atoms with Gasteiger partial charge in [0.25, 0.3) is 5.91 Å². The number of nitrogens with zero attached hydrogens (tertiary/aromatic N) is 4. The number of rotatable bonds is 3. The maximum Gasteiger partial charge on any atom is 0.251 e. The zero-order valence-corrected chi connectivity index (χ0v) is 15.3. The Balaban J connectivity index is 1.57. The highest BCUT2D eigenvalue weighted by Crippen LogP contribution is 2.28. The standard InChI is InChI=1S/C20H24N4O2/c1-14-20(25)24(6-7-26-14)13-15-8-17(11-21-10-15)18-9-16-4-3-5-23(2)19(16)22-12-18/h8-12,14H,3-7,13H2,1-2H3. The number of amides is 1. The molecule has 1 amide bonds. The predicted molar refractivity (Wildman–Crippen MR) is 99.9 cm³/mol. The zero-order valence-electron chi connectivity index (χ0n) is 15.3. The van der Waals surface area contributed by atoms with Crippen LogP contribution in [-0.4, -0.2) is 53.6 Å². The lowest BCUT2D eigenvalue weighted by molar-refractivity contribution is -0.152. The van der Waals surface area contributed by atoms with Crippen molar-refractivity contribution in [3.8, 4) is 11.1 Å². The summed E-state index contributed by atoms with van der Waals surface area (Å²) in [6.07, 6.45) is 7.48. The largest absolute Gasteiger partial charge is 0.367 e. The molecule has 0 bridgehead atoms. The summed E-state index contributed by atoms with van der Waals surface area (Å²) < 4.78 is 5.39. The fraction of sp³-hybridized carbons (Fsp3) is 0.450. The number of hydrogen-bond acceptors (Lipinski definition) is 5. The molecule has 2 aromatic rings. The number of carbonyl (C=O) groups excluding carboxylic acids is 1. The van der Waals surface area contributed by atoms with Gasteiger partial charge in [-0.1, -0.05) is 0 Å². The molecular weight excluding hydrogens is 328 g/mol. The third kappa shape index (κ3) is 3.29. The molecule has 2 aliphatic heterocycles. The van der Waals surface area contributed by atoms with Gasteiger partial charge in [0.05, 0.1) is 6.61 Å². The van der Waals surface area contributed by atoms with Crippen molar-refractivity contribution < 1.29 is 9.53 Å². The quantitative estimate of drug-likeness (QED) is 0.848. The Kier molecular flexibility index (Phi) is 4.59. The number of aromatic nitrogens is 2. The molecule has 0 spiro atoms. The molecule has 2 aromatic heterocycles. The molecular formula is C20H24N4O2. The summed E-state index contributed by atoms with van der Waals surface area (Å²) >= 11 is 0. The Hall–Kier alpha value is -2.47. The van der Waals surface area contributed by atoms with E-state index in [1.807, 2.05) is 23.5 Å². The SMILES string of the molecule is CC1OCCN(Cc2cncc(-c3cnc4c(c3)CCCN4C)c2)C1=O. The fourth-order valence-electron chi connectivity index (χ4n) is 3.69. The van der Waals surface area contributed by atoms with Crippen LogP contribution in [0.5, 0.6) is 0 Å². The second-order valence-corrected chi connectivity index (χ2v) is 7.09. The Bertz CT molecular complexity index is 823. The van der Waals surface area contributed by atoms with Gasteiger partial charge in [-0.25, -0.2) is 4.98 Å². The number of pyridine rings is 2. The van der Waals surface area contributed by atoms with Crippen molar-refractivity contribution in [3.05, 3.63) is 41.9 Å². The highest BCUT2D eigenvalue weighted by atomic mass is 16.5. The summed E-state index contributed by atoms with van der Waals surface area (Å²) in [5, 5.41) is 0. The third-order valence-corrected chi connectivity index (χ3v) is 5.13. The van der Waals surface area contributed by atoms with Gasteiger partial charge in [0.15, 0.2) is 0 Å². The lowest BCUT2D eigenvalue weighted by atomic mass is 10.0. The van der Waals surface area contributed by atoms with E-state index in [0.717, 1.165) is 41.9 Å². The minimum atomic E-state index is -0.360. The number of anilines is 1. The third-order valence-electron chi connectivity index (χ3n) is 5.13. The first-order valence-corrected chi connectivity index (χ1v) is 9.16. The Morgan fingerprint density at radius 3 is 2.92 bits per heavy atom. The van der Waals surface area contributed by atoms with Crippen LogP contribution in [0.15, 0.2) is 30.7 Å². The van der Waals surface area contributed by atoms with E-state index in [2.05, 4.69) is 34.0 Å². The maximum absolute atomic E-state index is 12.2. The minimum Gasteiger partial charge on any atom is -0.367 e. The minimum absolute atomic E-state index is 0.0418. The molecule has 0 N–H and O–H groups in total. The van der Waals surface area contributed by atoms with Crippen molar-refractivity contribution in [2.75, 3.05) is 31.6 Å². The molecule has 136 valence electrons. The second-order valence-electron chi connectivity index (χ2n) is 7.09. The lowest BCUT2D eigenvalue weighted by Gasteiger charge is -2.30. The molecule has 6 heteroatoms. The maximum atomic E-state index is 12.2. The molecule has 2 aliphatic rings. The van der Waals surface area contributed by atoms with E-state index in [1.165, 1.54) is 5.56 Å². The number of morpholine rings is 1. The van der Waals surface area contributed by atoms with Crippen LogP contribution in [0.3, 0.4) is 0 Å². The van der Waals surface area contributed by atoms with Crippen molar-refractivity contribution in [1.82, 2.24) is 14.9 Å². The average Bonchev–Trinajstić information content (AvgIpc) is 2.66. The first-order valence-electron chi connectivity index (χ1n) is 9.16. The molecule has 1 atom stereocenters. The Morgan fingerprint density at radius 2 is 2.04 bits per heavy atom. The van der Waals surface area contributed by atoms with Crippen molar-refractivity contribution in [2.45, 2.75) is 32.4 Å². The first-order chi connectivity index (χ1) is 12.6. The van der Waals surface area contributed by atoms with E-state index in [4.69, 9.17) is 4.74 Å². The summed E-state index contributed by atoms with van der Waals surface area (Å²) in [6, 6.07) is 4.33. The molecule has 0 aromatic carbocycles. The van der Waals surface area contributed by atoms with Crippen LogP contribution in [-0.2, 0) is 22.5 Å². The van der Waals surface area contributed by atoms with Gasteiger partial charge in [0.2, 0.25) is 0 Å². The van der Waals surface area contributed by atoms with Gasteiger partial charge in [-0.3, -0.25) is 9.78 Å². The van der Waals surface area contributed by atoms with E-state index in [-0.39, 0.29) is 12.0 Å². The van der Waals surface area contributed by atoms with Crippen LogP contribution in [0.25, 0.3) is 11.1 Å². The highest BCUT2D eigenvalue weighted by molar-refractivity contribution is 5.81. The van der Waals surface area contributed by atoms with Crippen molar-refractivity contribution in [2.24, 2.45) is 0 Å². The molecule has 1 fully saturated rings.